The third kappa shape index (κ3) is 1.88. The van der Waals surface area contributed by atoms with E-state index in [1.807, 2.05) is 0 Å². The lowest BCUT2D eigenvalue weighted by molar-refractivity contribution is -0.141. The third-order valence-corrected chi connectivity index (χ3v) is 2.43. The van der Waals surface area contributed by atoms with Crippen LogP contribution in [0, 0.1) is 11.7 Å². The van der Waals surface area contributed by atoms with Gasteiger partial charge in [-0.25, -0.2) is 4.39 Å². The van der Waals surface area contributed by atoms with Crippen molar-refractivity contribution in [2.75, 3.05) is 0 Å². The van der Waals surface area contributed by atoms with Crippen LogP contribution in [0.25, 0.3) is 10.9 Å². The molecule has 0 bridgehead atoms. The Morgan fingerprint density at radius 2 is 2.38 bits per heavy atom. The molecule has 1 heterocycles. The molecule has 0 spiro atoms. The maximum Gasteiger partial charge on any atom is 0.306 e. The predicted octanol–water partition coefficient (Wildman–Crippen LogP) is 2.23. The maximum absolute atomic E-state index is 13.0. The van der Waals surface area contributed by atoms with Gasteiger partial charge in [-0.2, -0.15) is 0 Å². The molecule has 1 N–H and O–H groups in total. The molecule has 1 unspecified atom stereocenters. The summed E-state index contributed by atoms with van der Waals surface area (Å²) in [6, 6.07) is 4.09. The first-order valence-electron chi connectivity index (χ1n) is 4.84. The van der Waals surface area contributed by atoms with Crippen molar-refractivity contribution in [1.29, 1.82) is 0 Å². The molecule has 5 heteroatoms. The molecule has 1 atom stereocenters. The molecule has 0 fully saturated rings. The summed E-state index contributed by atoms with van der Waals surface area (Å²) in [6.45, 7) is 1.57. The molecular weight excluding hydrogens is 213 g/mol. The van der Waals surface area contributed by atoms with E-state index in [2.05, 4.69) is 5.16 Å². The van der Waals surface area contributed by atoms with Gasteiger partial charge in [0.1, 0.15) is 17.1 Å². The zero-order chi connectivity index (χ0) is 11.7. The van der Waals surface area contributed by atoms with Gasteiger partial charge in [-0.15, -0.1) is 0 Å². The Morgan fingerprint density at radius 1 is 1.62 bits per heavy atom. The normalized spacial score (nSPS) is 12.9. The van der Waals surface area contributed by atoms with E-state index in [9.17, 15) is 9.18 Å². The highest BCUT2D eigenvalue weighted by Gasteiger charge is 2.17. The number of halogens is 1. The summed E-state index contributed by atoms with van der Waals surface area (Å²) in [7, 11) is 0. The van der Waals surface area contributed by atoms with Crippen molar-refractivity contribution in [1.82, 2.24) is 5.16 Å². The van der Waals surface area contributed by atoms with Gasteiger partial charge < -0.3 is 9.63 Å². The topological polar surface area (TPSA) is 63.3 Å². The Hall–Kier alpha value is -1.91. The largest absolute Gasteiger partial charge is 0.481 e. The molecule has 1 aromatic carbocycles. The molecule has 2 aromatic rings. The Morgan fingerprint density at radius 3 is 3.06 bits per heavy atom. The smallest absolute Gasteiger partial charge is 0.306 e. The van der Waals surface area contributed by atoms with Gasteiger partial charge in [0.15, 0.2) is 0 Å². The summed E-state index contributed by atoms with van der Waals surface area (Å²) in [4.78, 5) is 10.7. The van der Waals surface area contributed by atoms with Gasteiger partial charge in [0.25, 0.3) is 0 Å². The van der Waals surface area contributed by atoms with E-state index >= 15 is 0 Å². The van der Waals surface area contributed by atoms with Crippen LogP contribution in [-0.4, -0.2) is 16.2 Å². The summed E-state index contributed by atoms with van der Waals surface area (Å²) >= 11 is 0. The van der Waals surface area contributed by atoms with Crippen LogP contribution in [0.4, 0.5) is 4.39 Å². The van der Waals surface area contributed by atoms with Crippen molar-refractivity contribution in [2.45, 2.75) is 13.3 Å². The van der Waals surface area contributed by atoms with Crippen molar-refractivity contribution >= 4 is 16.9 Å². The summed E-state index contributed by atoms with van der Waals surface area (Å²) < 4.78 is 18.0. The van der Waals surface area contributed by atoms with Gasteiger partial charge in [0.05, 0.1) is 5.92 Å². The molecule has 0 aliphatic heterocycles. The summed E-state index contributed by atoms with van der Waals surface area (Å²) in [6.07, 6.45) is 0.204. The number of hydrogen-bond acceptors (Lipinski definition) is 3. The van der Waals surface area contributed by atoms with E-state index in [1.165, 1.54) is 18.2 Å². The minimum Gasteiger partial charge on any atom is -0.481 e. The number of fused-ring (bicyclic) bond motifs is 1. The van der Waals surface area contributed by atoms with Gasteiger partial charge in [-0.05, 0) is 18.2 Å². The summed E-state index contributed by atoms with van der Waals surface area (Å²) in [5.41, 5.74) is 0.536. The highest BCUT2D eigenvalue weighted by Crippen LogP contribution is 2.21. The van der Waals surface area contributed by atoms with Gasteiger partial charge in [-0.1, -0.05) is 12.1 Å². The molecule has 84 valence electrons. The van der Waals surface area contributed by atoms with Crippen LogP contribution < -0.4 is 0 Å². The molecule has 2 rings (SSSR count). The number of hydrogen-bond donors (Lipinski definition) is 1. The zero-order valence-corrected chi connectivity index (χ0v) is 8.61. The van der Waals surface area contributed by atoms with Gasteiger partial charge >= 0.3 is 5.97 Å². The fraction of sp³-hybridized carbons (Fsp3) is 0.273. The Labute approximate surface area is 90.7 Å². The molecule has 0 aliphatic rings. The van der Waals surface area contributed by atoms with E-state index in [4.69, 9.17) is 9.63 Å². The monoisotopic (exact) mass is 223 g/mol. The number of rotatable bonds is 3. The fourth-order valence-electron chi connectivity index (χ4n) is 1.48. The predicted molar refractivity (Wildman–Crippen MR) is 54.5 cm³/mol. The van der Waals surface area contributed by atoms with Crippen LogP contribution in [0.1, 0.15) is 12.7 Å². The van der Waals surface area contributed by atoms with E-state index in [1.54, 1.807) is 6.92 Å². The quantitative estimate of drug-likeness (QED) is 0.866. The van der Waals surface area contributed by atoms with E-state index in [-0.39, 0.29) is 12.2 Å². The number of carboxylic acid groups (broad SMARTS) is 1. The number of nitrogens with zero attached hydrogens (tertiary/aromatic N) is 1. The summed E-state index contributed by atoms with van der Waals surface area (Å²) in [5.74, 6) is -1.48. The lowest BCUT2D eigenvalue weighted by Gasteiger charge is -2.01. The summed E-state index contributed by atoms with van der Waals surface area (Å²) in [5, 5.41) is 13.0. The average molecular weight is 223 g/mol. The lowest BCUT2D eigenvalue weighted by Crippen LogP contribution is -2.11. The highest BCUT2D eigenvalue weighted by atomic mass is 19.1. The molecular formula is C11H10FNO3. The van der Waals surface area contributed by atoms with Crippen molar-refractivity contribution < 1.29 is 18.8 Å². The van der Waals surface area contributed by atoms with Crippen LogP contribution in [0.15, 0.2) is 22.7 Å². The van der Waals surface area contributed by atoms with Crippen molar-refractivity contribution in [3.8, 4) is 0 Å². The van der Waals surface area contributed by atoms with Crippen LogP contribution in [0.5, 0.6) is 0 Å². The molecule has 0 aliphatic carbocycles. The van der Waals surface area contributed by atoms with Gasteiger partial charge in [0, 0.05) is 11.8 Å². The standard InChI is InChI=1S/C11H10FNO3/c1-6(11(14)15)4-10-8-5-7(12)2-3-9(8)13-16-10/h2-3,5-6H,4H2,1H3,(H,14,15). The molecule has 0 radical (unpaired) electrons. The number of carbonyl (C=O) groups is 1. The SMILES string of the molecule is CC(Cc1onc2ccc(F)cc12)C(=O)O. The number of carboxylic acids is 1. The number of aliphatic carboxylic acids is 1. The molecule has 1 aromatic heterocycles. The Balaban J connectivity index is 2.37. The second-order valence-corrected chi connectivity index (χ2v) is 3.71. The molecule has 0 amide bonds. The van der Waals surface area contributed by atoms with Crippen LogP contribution in [0.2, 0.25) is 0 Å². The first kappa shape index (κ1) is 10.6. The lowest BCUT2D eigenvalue weighted by atomic mass is 10.0. The minimum absolute atomic E-state index is 0.204. The molecule has 0 saturated carbocycles. The third-order valence-electron chi connectivity index (χ3n) is 2.43. The van der Waals surface area contributed by atoms with E-state index in [0.29, 0.717) is 16.7 Å². The minimum atomic E-state index is -0.916. The number of benzene rings is 1. The highest BCUT2D eigenvalue weighted by molar-refractivity contribution is 5.81. The van der Waals surface area contributed by atoms with Crippen LogP contribution in [-0.2, 0) is 11.2 Å². The van der Waals surface area contributed by atoms with Crippen molar-refractivity contribution in [2.24, 2.45) is 5.92 Å². The van der Waals surface area contributed by atoms with Gasteiger partial charge in [0.2, 0.25) is 0 Å². The van der Waals surface area contributed by atoms with E-state index < -0.39 is 11.9 Å². The average Bonchev–Trinajstić information content (AvgIpc) is 2.61. The second kappa shape index (κ2) is 3.92. The second-order valence-electron chi connectivity index (χ2n) is 3.71. The Bertz CT molecular complexity index is 535. The number of aromatic nitrogens is 1. The van der Waals surface area contributed by atoms with Gasteiger partial charge in [-0.3, -0.25) is 4.79 Å². The molecule has 16 heavy (non-hydrogen) atoms. The molecule has 0 saturated heterocycles. The van der Waals surface area contributed by atoms with Crippen LogP contribution in [0.3, 0.4) is 0 Å². The van der Waals surface area contributed by atoms with Crippen molar-refractivity contribution in [3.63, 3.8) is 0 Å². The Kier molecular flexibility index (Phi) is 2.60. The maximum atomic E-state index is 13.0. The first-order valence-corrected chi connectivity index (χ1v) is 4.84. The zero-order valence-electron chi connectivity index (χ0n) is 8.61. The van der Waals surface area contributed by atoms with Crippen molar-refractivity contribution in [3.05, 3.63) is 29.8 Å². The first-order chi connectivity index (χ1) is 7.58. The fourth-order valence-corrected chi connectivity index (χ4v) is 1.48. The van der Waals surface area contributed by atoms with Crippen LogP contribution >= 0.6 is 0 Å². The molecule has 4 nitrogen and oxygen atoms in total. The van der Waals surface area contributed by atoms with E-state index in [0.717, 1.165) is 0 Å².